The first kappa shape index (κ1) is 17.1. The van der Waals surface area contributed by atoms with Gasteiger partial charge < -0.3 is 19.4 Å². The first-order valence-electron chi connectivity index (χ1n) is 8.34. The van der Waals surface area contributed by atoms with Crippen LogP contribution in [0, 0.1) is 17.4 Å². The van der Waals surface area contributed by atoms with E-state index in [0.717, 1.165) is 31.7 Å². The zero-order valence-electron chi connectivity index (χ0n) is 14.5. The second kappa shape index (κ2) is 6.79. The SMILES string of the molecule is Cc1cc(I)ccc1NC(=O)Cn1c(C)nc2cc3c(cc21)OCCO3. The van der Waals surface area contributed by atoms with E-state index < -0.39 is 0 Å². The number of hydrogen-bond acceptors (Lipinski definition) is 4. The molecule has 1 aliphatic rings. The number of carbonyl (C=O) groups excluding carboxylic acids is 1. The Bertz CT molecular complexity index is 1010. The molecule has 7 heteroatoms. The largest absolute Gasteiger partial charge is 0.486 e. The number of nitrogens with zero attached hydrogens (tertiary/aromatic N) is 2. The highest BCUT2D eigenvalue weighted by molar-refractivity contribution is 14.1. The Kier molecular flexibility index (Phi) is 4.47. The predicted octanol–water partition coefficient (Wildman–Crippen LogP) is 3.67. The molecule has 1 amide bonds. The van der Waals surface area contributed by atoms with Gasteiger partial charge in [-0.15, -0.1) is 0 Å². The molecule has 0 atom stereocenters. The maximum Gasteiger partial charge on any atom is 0.244 e. The van der Waals surface area contributed by atoms with Crippen LogP contribution in [0.4, 0.5) is 5.69 Å². The summed E-state index contributed by atoms with van der Waals surface area (Å²) in [6.07, 6.45) is 0. The Morgan fingerprint density at radius 3 is 2.65 bits per heavy atom. The third-order valence-corrected chi connectivity index (χ3v) is 5.04. The molecule has 0 spiro atoms. The fourth-order valence-corrected chi connectivity index (χ4v) is 3.73. The second-order valence-electron chi connectivity index (χ2n) is 6.24. The molecule has 1 aliphatic heterocycles. The van der Waals surface area contributed by atoms with Crippen molar-refractivity contribution >= 4 is 45.2 Å². The lowest BCUT2D eigenvalue weighted by Gasteiger charge is -2.18. The normalized spacial score (nSPS) is 13.0. The number of imidazole rings is 1. The van der Waals surface area contributed by atoms with Crippen LogP contribution in [0.2, 0.25) is 0 Å². The first-order valence-corrected chi connectivity index (χ1v) is 9.41. The summed E-state index contributed by atoms with van der Waals surface area (Å²) in [7, 11) is 0. The van der Waals surface area contributed by atoms with Crippen LogP contribution >= 0.6 is 22.6 Å². The van der Waals surface area contributed by atoms with E-state index in [4.69, 9.17) is 9.47 Å². The predicted molar refractivity (Wildman–Crippen MR) is 108 cm³/mol. The lowest BCUT2D eigenvalue weighted by atomic mass is 10.2. The monoisotopic (exact) mass is 463 g/mol. The average Bonchev–Trinajstić information content (AvgIpc) is 2.90. The summed E-state index contributed by atoms with van der Waals surface area (Å²) in [4.78, 5) is 17.1. The molecule has 0 aliphatic carbocycles. The van der Waals surface area contributed by atoms with Crippen LogP contribution in [0.25, 0.3) is 11.0 Å². The van der Waals surface area contributed by atoms with Crippen molar-refractivity contribution < 1.29 is 14.3 Å². The average molecular weight is 463 g/mol. The highest BCUT2D eigenvalue weighted by Crippen LogP contribution is 2.34. The minimum Gasteiger partial charge on any atom is -0.486 e. The highest BCUT2D eigenvalue weighted by Gasteiger charge is 2.18. The van der Waals surface area contributed by atoms with Crippen LogP contribution in [0.15, 0.2) is 30.3 Å². The first-order chi connectivity index (χ1) is 12.5. The summed E-state index contributed by atoms with van der Waals surface area (Å²) in [6.45, 7) is 5.13. The van der Waals surface area contributed by atoms with E-state index in [0.29, 0.717) is 24.7 Å². The van der Waals surface area contributed by atoms with Crippen molar-refractivity contribution in [2.24, 2.45) is 0 Å². The molecule has 1 N–H and O–H groups in total. The van der Waals surface area contributed by atoms with Gasteiger partial charge in [0.25, 0.3) is 0 Å². The van der Waals surface area contributed by atoms with Crippen molar-refractivity contribution in [2.45, 2.75) is 20.4 Å². The van der Waals surface area contributed by atoms with E-state index in [2.05, 4.69) is 32.9 Å². The molecule has 0 unspecified atom stereocenters. The molecule has 0 radical (unpaired) electrons. The van der Waals surface area contributed by atoms with Crippen molar-refractivity contribution in [2.75, 3.05) is 18.5 Å². The number of nitrogens with one attached hydrogen (secondary N) is 1. The van der Waals surface area contributed by atoms with E-state index in [1.54, 1.807) is 0 Å². The van der Waals surface area contributed by atoms with Gasteiger partial charge in [-0.2, -0.15) is 0 Å². The molecule has 0 saturated heterocycles. The van der Waals surface area contributed by atoms with Crippen LogP contribution in [-0.4, -0.2) is 28.7 Å². The number of carbonyl (C=O) groups is 1. The smallest absolute Gasteiger partial charge is 0.244 e. The van der Waals surface area contributed by atoms with E-state index in [9.17, 15) is 4.79 Å². The Hall–Kier alpha value is -2.29. The molecule has 1 aromatic heterocycles. The number of aryl methyl sites for hydroxylation is 2. The Labute approximate surface area is 164 Å². The fourth-order valence-electron chi connectivity index (χ4n) is 3.08. The molecule has 2 heterocycles. The molecule has 0 saturated carbocycles. The van der Waals surface area contributed by atoms with Gasteiger partial charge in [-0.05, 0) is 60.2 Å². The molecular formula is C19H18IN3O3. The molecule has 0 bridgehead atoms. The standard InChI is InChI=1S/C19H18IN3O3/c1-11-7-13(20)3-4-14(11)22-19(24)10-23-12(2)21-15-8-17-18(9-16(15)23)26-6-5-25-17/h3-4,7-9H,5-6,10H2,1-2H3,(H,22,24). The number of fused-ring (bicyclic) bond motifs is 2. The Morgan fingerprint density at radius 2 is 1.92 bits per heavy atom. The molecule has 4 rings (SSSR count). The van der Waals surface area contributed by atoms with Gasteiger partial charge in [0.2, 0.25) is 5.91 Å². The lowest BCUT2D eigenvalue weighted by molar-refractivity contribution is -0.116. The molecule has 134 valence electrons. The summed E-state index contributed by atoms with van der Waals surface area (Å²) in [5.41, 5.74) is 3.52. The lowest BCUT2D eigenvalue weighted by Crippen LogP contribution is -2.20. The highest BCUT2D eigenvalue weighted by atomic mass is 127. The van der Waals surface area contributed by atoms with Crippen LogP contribution in [0.3, 0.4) is 0 Å². The fraction of sp³-hybridized carbons (Fsp3) is 0.263. The number of benzene rings is 2. The van der Waals surface area contributed by atoms with Crippen molar-refractivity contribution in [3.8, 4) is 11.5 Å². The third kappa shape index (κ3) is 3.23. The second-order valence-corrected chi connectivity index (χ2v) is 7.48. The van der Waals surface area contributed by atoms with Gasteiger partial charge in [0.1, 0.15) is 25.6 Å². The van der Waals surface area contributed by atoms with Gasteiger partial charge in [-0.25, -0.2) is 4.98 Å². The molecule has 3 aromatic rings. The zero-order chi connectivity index (χ0) is 18.3. The van der Waals surface area contributed by atoms with Gasteiger partial charge in [-0.1, -0.05) is 0 Å². The number of aromatic nitrogens is 2. The van der Waals surface area contributed by atoms with Crippen LogP contribution in [0.5, 0.6) is 11.5 Å². The Balaban J connectivity index is 1.62. The summed E-state index contributed by atoms with van der Waals surface area (Å²) in [6, 6.07) is 9.71. The molecule has 0 fully saturated rings. The van der Waals surface area contributed by atoms with Gasteiger partial charge in [0.15, 0.2) is 11.5 Å². The quantitative estimate of drug-likeness (QED) is 0.603. The van der Waals surface area contributed by atoms with Gasteiger partial charge in [-0.3, -0.25) is 4.79 Å². The maximum atomic E-state index is 12.6. The number of ether oxygens (including phenoxy) is 2. The van der Waals surface area contributed by atoms with Crippen molar-refractivity contribution in [3.05, 3.63) is 45.3 Å². The minimum atomic E-state index is -0.0911. The van der Waals surface area contributed by atoms with Crippen molar-refractivity contribution in [1.29, 1.82) is 0 Å². The van der Waals surface area contributed by atoms with Gasteiger partial charge in [0.05, 0.1) is 11.0 Å². The maximum absolute atomic E-state index is 12.6. The third-order valence-electron chi connectivity index (χ3n) is 4.37. The Morgan fingerprint density at radius 1 is 1.19 bits per heavy atom. The van der Waals surface area contributed by atoms with Crippen LogP contribution in [-0.2, 0) is 11.3 Å². The van der Waals surface area contributed by atoms with Crippen molar-refractivity contribution in [1.82, 2.24) is 9.55 Å². The van der Waals surface area contributed by atoms with E-state index >= 15 is 0 Å². The van der Waals surface area contributed by atoms with Crippen LogP contribution in [0.1, 0.15) is 11.4 Å². The van der Waals surface area contributed by atoms with E-state index in [-0.39, 0.29) is 12.5 Å². The molecule has 2 aromatic carbocycles. The molecule has 26 heavy (non-hydrogen) atoms. The topological polar surface area (TPSA) is 65.4 Å². The number of halogens is 1. The molecule has 6 nitrogen and oxygen atoms in total. The number of hydrogen-bond donors (Lipinski definition) is 1. The van der Waals surface area contributed by atoms with Gasteiger partial charge >= 0.3 is 0 Å². The summed E-state index contributed by atoms with van der Waals surface area (Å²) in [5.74, 6) is 2.08. The minimum absolute atomic E-state index is 0.0911. The summed E-state index contributed by atoms with van der Waals surface area (Å²) < 4.78 is 14.3. The summed E-state index contributed by atoms with van der Waals surface area (Å²) >= 11 is 2.26. The number of amides is 1. The van der Waals surface area contributed by atoms with Crippen molar-refractivity contribution in [3.63, 3.8) is 0 Å². The summed E-state index contributed by atoms with van der Waals surface area (Å²) in [5, 5.41) is 2.98. The van der Waals surface area contributed by atoms with Crippen LogP contribution < -0.4 is 14.8 Å². The van der Waals surface area contributed by atoms with E-state index in [1.165, 1.54) is 0 Å². The number of anilines is 1. The molecular weight excluding hydrogens is 445 g/mol. The number of rotatable bonds is 3. The van der Waals surface area contributed by atoms with E-state index in [1.807, 2.05) is 48.7 Å². The van der Waals surface area contributed by atoms with Gasteiger partial charge in [0, 0.05) is 21.4 Å². The zero-order valence-corrected chi connectivity index (χ0v) is 16.7.